The summed E-state index contributed by atoms with van der Waals surface area (Å²) in [5.41, 5.74) is 3.29. The smallest absolute Gasteiger partial charge is 0.119 e. The molecule has 0 saturated heterocycles. The standard InChI is InChI=1S/C18H23NO2/c1-3-21-17-9-7-15(8-10-17)12-19-13-18(20)16-6-4-5-14(2)11-16/h4-11,18-20H,3,12-13H2,1-2H3. The maximum Gasteiger partial charge on any atom is 0.119 e. The van der Waals surface area contributed by atoms with E-state index in [0.29, 0.717) is 13.2 Å². The van der Waals surface area contributed by atoms with Gasteiger partial charge in [-0.15, -0.1) is 0 Å². The summed E-state index contributed by atoms with van der Waals surface area (Å²) in [6, 6.07) is 16.0. The number of ether oxygens (including phenoxy) is 1. The first-order valence-electron chi connectivity index (χ1n) is 7.36. The predicted molar refractivity (Wildman–Crippen MR) is 85.5 cm³/mol. The lowest BCUT2D eigenvalue weighted by Crippen LogP contribution is -2.21. The molecule has 1 unspecified atom stereocenters. The van der Waals surface area contributed by atoms with Crippen molar-refractivity contribution >= 4 is 0 Å². The van der Waals surface area contributed by atoms with Gasteiger partial charge < -0.3 is 15.2 Å². The van der Waals surface area contributed by atoms with Crippen molar-refractivity contribution in [2.24, 2.45) is 0 Å². The molecule has 112 valence electrons. The molecule has 2 aromatic rings. The fourth-order valence-corrected chi connectivity index (χ4v) is 2.22. The van der Waals surface area contributed by atoms with Gasteiger partial charge in [0.05, 0.1) is 12.7 Å². The Labute approximate surface area is 126 Å². The van der Waals surface area contributed by atoms with Crippen LogP contribution in [0.25, 0.3) is 0 Å². The van der Waals surface area contributed by atoms with Crippen LogP contribution in [0.5, 0.6) is 5.75 Å². The quantitative estimate of drug-likeness (QED) is 0.820. The molecule has 0 fully saturated rings. The van der Waals surface area contributed by atoms with Crippen molar-refractivity contribution in [1.82, 2.24) is 5.32 Å². The van der Waals surface area contributed by atoms with Crippen LogP contribution in [0.4, 0.5) is 0 Å². The first kappa shape index (κ1) is 15.5. The molecule has 3 nitrogen and oxygen atoms in total. The first-order valence-corrected chi connectivity index (χ1v) is 7.36. The van der Waals surface area contributed by atoms with Crippen molar-refractivity contribution in [3.8, 4) is 5.75 Å². The summed E-state index contributed by atoms with van der Waals surface area (Å²) in [6.07, 6.45) is -0.479. The van der Waals surface area contributed by atoms with E-state index in [1.807, 2.05) is 62.4 Å². The minimum atomic E-state index is -0.479. The number of aliphatic hydroxyl groups excluding tert-OH is 1. The average Bonchev–Trinajstić information content (AvgIpc) is 2.49. The van der Waals surface area contributed by atoms with Crippen LogP contribution in [-0.4, -0.2) is 18.3 Å². The Morgan fingerprint density at radius 2 is 1.90 bits per heavy atom. The van der Waals surface area contributed by atoms with Crippen LogP contribution in [0.2, 0.25) is 0 Å². The van der Waals surface area contributed by atoms with E-state index in [-0.39, 0.29) is 0 Å². The SMILES string of the molecule is CCOc1ccc(CNCC(O)c2cccc(C)c2)cc1. The molecule has 0 aliphatic rings. The molecule has 0 spiro atoms. The highest BCUT2D eigenvalue weighted by Gasteiger charge is 2.06. The third-order valence-corrected chi connectivity index (χ3v) is 3.33. The predicted octanol–water partition coefficient (Wildman–Crippen LogP) is 3.22. The minimum Gasteiger partial charge on any atom is -0.494 e. The van der Waals surface area contributed by atoms with Gasteiger partial charge in [0.25, 0.3) is 0 Å². The summed E-state index contributed by atoms with van der Waals surface area (Å²) in [5.74, 6) is 0.890. The van der Waals surface area contributed by atoms with Gasteiger partial charge in [-0.3, -0.25) is 0 Å². The zero-order valence-corrected chi connectivity index (χ0v) is 12.7. The summed E-state index contributed by atoms with van der Waals surface area (Å²) in [4.78, 5) is 0. The summed E-state index contributed by atoms with van der Waals surface area (Å²) >= 11 is 0. The van der Waals surface area contributed by atoms with Gasteiger partial charge >= 0.3 is 0 Å². The molecule has 0 radical (unpaired) electrons. The molecular formula is C18H23NO2. The molecule has 0 amide bonds. The van der Waals surface area contributed by atoms with Crippen molar-refractivity contribution in [2.75, 3.05) is 13.2 Å². The van der Waals surface area contributed by atoms with E-state index in [9.17, 15) is 5.11 Å². The lowest BCUT2D eigenvalue weighted by Gasteiger charge is -2.13. The fraction of sp³-hybridized carbons (Fsp3) is 0.333. The highest BCUT2D eigenvalue weighted by Crippen LogP contribution is 2.14. The maximum absolute atomic E-state index is 10.2. The van der Waals surface area contributed by atoms with Gasteiger partial charge in [-0.2, -0.15) is 0 Å². The molecule has 2 N–H and O–H groups in total. The number of nitrogens with one attached hydrogen (secondary N) is 1. The Hall–Kier alpha value is -1.84. The summed E-state index contributed by atoms with van der Waals surface area (Å²) < 4.78 is 5.41. The van der Waals surface area contributed by atoms with Crippen molar-refractivity contribution < 1.29 is 9.84 Å². The second kappa shape index (κ2) is 7.81. The lowest BCUT2D eigenvalue weighted by atomic mass is 10.1. The minimum absolute atomic E-state index is 0.479. The van der Waals surface area contributed by atoms with Gasteiger partial charge in [0.15, 0.2) is 0 Å². The van der Waals surface area contributed by atoms with Gasteiger partial charge in [-0.1, -0.05) is 42.0 Å². The normalized spacial score (nSPS) is 12.1. The van der Waals surface area contributed by atoms with E-state index in [1.165, 1.54) is 5.56 Å². The van der Waals surface area contributed by atoms with Crippen LogP contribution >= 0.6 is 0 Å². The van der Waals surface area contributed by atoms with Crippen molar-refractivity contribution in [3.05, 3.63) is 65.2 Å². The highest BCUT2D eigenvalue weighted by atomic mass is 16.5. The second-order valence-electron chi connectivity index (χ2n) is 5.14. The average molecular weight is 285 g/mol. The van der Waals surface area contributed by atoms with Gasteiger partial charge in [-0.05, 0) is 37.1 Å². The van der Waals surface area contributed by atoms with Gasteiger partial charge in [0, 0.05) is 13.1 Å². The molecule has 0 aliphatic carbocycles. The molecule has 0 aromatic heterocycles. The Morgan fingerprint density at radius 3 is 2.57 bits per heavy atom. The Kier molecular flexibility index (Phi) is 5.78. The Balaban J connectivity index is 1.81. The van der Waals surface area contributed by atoms with E-state index in [0.717, 1.165) is 23.4 Å². The zero-order chi connectivity index (χ0) is 15.1. The first-order chi connectivity index (χ1) is 10.2. The number of aryl methyl sites for hydroxylation is 1. The molecule has 21 heavy (non-hydrogen) atoms. The zero-order valence-electron chi connectivity index (χ0n) is 12.7. The van der Waals surface area contributed by atoms with Crippen molar-refractivity contribution in [1.29, 1.82) is 0 Å². The summed E-state index contributed by atoms with van der Waals surface area (Å²) in [5, 5.41) is 13.4. The third-order valence-electron chi connectivity index (χ3n) is 3.33. The lowest BCUT2D eigenvalue weighted by molar-refractivity contribution is 0.174. The van der Waals surface area contributed by atoms with Crippen LogP contribution < -0.4 is 10.1 Å². The fourth-order valence-electron chi connectivity index (χ4n) is 2.22. The third kappa shape index (κ3) is 4.88. The molecule has 2 rings (SSSR count). The van der Waals surface area contributed by atoms with Gasteiger partial charge in [0.1, 0.15) is 5.75 Å². The monoisotopic (exact) mass is 285 g/mol. The number of benzene rings is 2. The number of rotatable bonds is 7. The van der Waals surface area contributed by atoms with E-state index in [2.05, 4.69) is 5.32 Å². The molecule has 2 aromatic carbocycles. The molecule has 3 heteroatoms. The van der Waals surface area contributed by atoms with Crippen LogP contribution in [0.3, 0.4) is 0 Å². The van der Waals surface area contributed by atoms with Crippen LogP contribution in [0.1, 0.15) is 29.7 Å². The van der Waals surface area contributed by atoms with E-state index in [1.54, 1.807) is 0 Å². The van der Waals surface area contributed by atoms with E-state index < -0.39 is 6.10 Å². The number of aliphatic hydroxyl groups is 1. The largest absolute Gasteiger partial charge is 0.494 e. The van der Waals surface area contributed by atoms with Gasteiger partial charge in [-0.25, -0.2) is 0 Å². The number of hydrogen-bond donors (Lipinski definition) is 2. The second-order valence-corrected chi connectivity index (χ2v) is 5.14. The molecular weight excluding hydrogens is 262 g/mol. The molecule has 0 saturated carbocycles. The molecule has 0 bridgehead atoms. The molecule has 0 heterocycles. The van der Waals surface area contributed by atoms with Crippen molar-refractivity contribution in [3.63, 3.8) is 0 Å². The number of hydrogen-bond acceptors (Lipinski definition) is 3. The molecule has 0 aliphatic heterocycles. The topological polar surface area (TPSA) is 41.5 Å². The van der Waals surface area contributed by atoms with Gasteiger partial charge in [0.2, 0.25) is 0 Å². The Morgan fingerprint density at radius 1 is 1.14 bits per heavy atom. The highest BCUT2D eigenvalue weighted by molar-refractivity contribution is 5.27. The van der Waals surface area contributed by atoms with Crippen molar-refractivity contribution in [2.45, 2.75) is 26.5 Å². The van der Waals surface area contributed by atoms with E-state index in [4.69, 9.17) is 4.74 Å². The Bertz CT molecular complexity index is 551. The van der Waals surface area contributed by atoms with E-state index >= 15 is 0 Å². The van der Waals surface area contributed by atoms with Crippen LogP contribution in [-0.2, 0) is 6.54 Å². The summed E-state index contributed by atoms with van der Waals surface area (Å²) in [6.45, 7) is 5.96. The van der Waals surface area contributed by atoms with Crippen LogP contribution in [0, 0.1) is 6.92 Å². The molecule has 1 atom stereocenters. The summed E-state index contributed by atoms with van der Waals surface area (Å²) in [7, 11) is 0. The van der Waals surface area contributed by atoms with Crippen LogP contribution in [0.15, 0.2) is 48.5 Å². The maximum atomic E-state index is 10.2.